The van der Waals surface area contributed by atoms with Gasteiger partial charge in [0.1, 0.15) is 5.82 Å². The summed E-state index contributed by atoms with van der Waals surface area (Å²) in [6.45, 7) is 1.62. The Hall–Kier alpha value is -1.78. The summed E-state index contributed by atoms with van der Waals surface area (Å²) in [6, 6.07) is 3.73. The van der Waals surface area contributed by atoms with Crippen LogP contribution in [0, 0.1) is 5.92 Å². The number of nitrogen functional groups attached to an aromatic ring is 1. The molecule has 1 fully saturated rings. The van der Waals surface area contributed by atoms with Crippen molar-refractivity contribution < 1.29 is 4.79 Å². The molecule has 1 aromatic rings. The van der Waals surface area contributed by atoms with E-state index in [1.165, 1.54) is 0 Å². The van der Waals surface area contributed by atoms with Crippen LogP contribution in [-0.2, 0) is 4.79 Å². The average molecular weight is 220 g/mol. The summed E-state index contributed by atoms with van der Waals surface area (Å²) in [7, 11) is 0. The van der Waals surface area contributed by atoms with Gasteiger partial charge in [0.25, 0.3) is 0 Å². The van der Waals surface area contributed by atoms with E-state index >= 15 is 0 Å². The molecule has 0 aliphatic carbocycles. The monoisotopic (exact) mass is 220 g/mol. The number of rotatable bonds is 2. The number of anilines is 2. The normalized spacial score (nSPS) is 20.8. The number of amides is 1. The Labute approximate surface area is 94.4 Å². The van der Waals surface area contributed by atoms with Crippen molar-refractivity contribution in [2.75, 3.05) is 23.7 Å². The lowest BCUT2D eigenvalue weighted by Gasteiger charge is -2.32. The van der Waals surface area contributed by atoms with Crippen molar-refractivity contribution in [2.24, 2.45) is 11.7 Å². The molecule has 1 amide bonds. The molecule has 1 atom stereocenters. The molecule has 4 N–H and O–H groups in total. The first-order valence-electron chi connectivity index (χ1n) is 5.42. The highest BCUT2D eigenvalue weighted by atomic mass is 16.1. The Morgan fingerprint density at radius 1 is 1.56 bits per heavy atom. The van der Waals surface area contributed by atoms with Crippen molar-refractivity contribution in [1.29, 1.82) is 0 Å². The van der Waals surface area contributed by atoms with Crippen molar-refractivity contribution in [3.8, 4) is 0 Å². The van der Waals surface area contributed by atoms with Crippen molar-refractivity contribution in [3.05, 3.63) is 18.3 Å². The topological polar surface area (TPSA) is 85.2 Å². The molecule has 86 valence electrons. The fourth-order valence-corrected chi connectivity index (χ4v) is 2.08. The standard InChI is InChI=1S/C11H16N4O/c12-10-6-9(3-4-14-10)15-5-1-2-8(7-15)11(13)16/h3-4,6,8H,1-2,5,7H2,(H2,12,14)(H2,13,16)/t8-/m0/s1. The SMILES string of the molecule is NC(=O)[C@H]1CCCN(c2ccnc(N)c2)C1. The fraction of sp³-hybridized carbons (Fsp3) is 0.455. The van der Waals surface area contributed by atoms with Gasteiger partial charge in [-0.15, -0.1) is 0 Å². The molecular formula is C11H16N4O. The van der Waals surface area contributed by atoms with Crippen LogP contribution in [0.15, 0.2) is 18.3 Å². The van der Waals surface area contributed by atoms with E-state index in [1.807, 2.05) is 12.1 Å². The van der Waals surface area contributed by atoms with Gasteiger partial charge < -0.3 is 16.4 Å². The molecule has 2 heterocycles. The minimum atomic E-state index is -0.216. The second-order valence-electron chi connectivity index (χ2n) is 4.13. The maximum atomic E-state index is 11.2. The van der Waals surface area contributed by atoms with Gasteiger partial charge in [-0.05, 0) is 18.9 Å². The lowest BCUT2D eigenvalue weighted by atomic mass is 9.97. The summed E-state index contributed by atoms with van der Waals surface area (Å²) in [5, 5.41) is 0. The van der Waals surface area contributed by atoms with Crippen LogP contribution in [0.1, 0.15) is 12.8 Å². The zero-order valence-corrected chi connectivity index (χ0v) is 9.10. The third-order valence-corrected chi connectivity index (χ3v) is 2.95. The number of piperidine rings is 1. The number of nitrogens with zero attached hydrogens (tertiary/aromatic N) is 2. The van der Waals surface area contributed by atoms with Gasteiger partial charge in [0.2, 0.25) is 5.91 Å². The van der Waals surface area contributed by atoms with Gasteiger partial charge in [-0.1, -0.05) is 0 Å². The van der Waals surface area contributed by atoms with E-state index < -0.39 is 0 Å². The van der Waals surface area contributed by atoms with E-state index in [2.05, 4.69) is 9.88 Å². The first kappa shape index (κ1) is 10.7. The largest absolute Gasteiger partial charge is 0.384 e. The van der Waals surface area contributed by atoms with E-state index in [4.69, 9.17) is 11.5 Å². The van der Waals surface area contributed by atoms with Crippen molar-refractivity contribution in [2.45, 2.75) is 12.8 Å². The van der Waals surface area contributed by atoms with E-state index in [1.54, 1.807) is 6.20 Å². The minimum absolute atomic E-state index is 0.0526. The van der Waals surface area contributed by atoms with Gasteiger partial charge in [-0.3, -0.25) is 4.79 Å². The second kappa shape index (κ2) is 4.38. The Morgan fingerprint density at radius 2 is 2.38 bits per heavy atom. The Kier molecular flexibility index (Phi) is 2.94. The van der Waals surface area contributed by atoms with Crippen LogP contribution in [0.3, 0.4) is 0 Å². The molecule has 1 aliphatic rings. The molecule has 1 aliphatic heterocycles. The van der Waals surface area contributed by atoms with Gasteiger partial charge in [0.05, 0.1) is 5.92 Å². The molecule has 1 saturated heterocycles. The van der Waals surface area contributed by atoms with Gasteiger partial charge in [0, 0.05) is 31.0 Å². The number of hydrogen-bond acceptors (Lipinski definition) is 4. The average Bonchev–Trinajstić information content (AvgIpc) is 2.29. The van der Waals surface area contributed by atoms with Crippen LogP contribution in [-0.4, -0.2) is 24.0 Å². The van der Waals surface area contributed by atoms with E-state index in [0.717, 1.165) is 25.1 Å². The van der Waals surface area contributed by atoms with Crippen LogP contribution < -0.4 is 16.4 Å². The summed E-state index contributed by atoms with van der Waals surface area (Å²) in [6.07, 6.45) is 3.54. The number of carbonyl (C=O) groups excluding carboxylic acids is 1. The predicted molar refractivity (Wildman–Crippen MR) is 62.8 cm³/mol. The summed E-state index contributed by atoms with van der Waals surface area (Å²) < 4.78 is 0. The summed E-state index contributed by atoms with van der Waals surface area (Å²) in [5.74, 6) is 0.230. The summed E-state index contributed by atoms with van der Waals surface area (Å²) in [4.78, 5) is 17.2. The Balaban J connectivity index is 2.12. The van der Waals surface area contributed by atoms with E-state index in [9.17, 15) is 4.79 Å². The lowest BCUT2D eigenvalue weighted by molar-refractivity contribution is -0.122. The number of primary amides is 1. The maximum absolute atomic E-state index is 11.2. The molecule has 5 nitrogen and oxygen atoms in total. The number of nitrogens with two attached hydrogens (primary N) is 2. The molecule has 0 saturated carbocycles. The van der Waals surface area contributed by atoms with Gasteiger partial charge in [0.15, 0.2) is 0 Å². The quantitative estimate of drug-likeness (QED) is 0.753. The highest BCUT2D eigenvalue weighted by Gasteiger charge is 2.24. The molecule has 1 aromatic heterocycles. The third-order valence-electron chi connectivity index (χ3n) is 2.95. The molecule has 2 rings (SSSR count). The number of pyridine rings is 1. The zero-order chi connectivity index (χ0) is 11.5. The first-order valence-corrected chi connectivity index (χ1v) is 5.42. The minimum Gasteiger partial charge on any atom is -0.384 e. The summed E-state index contributed by atoms with van der Waals surface area (Å²) >= 11 is 0. The van der Waals surface area contributed by atoms with E-state index in [0.29, 0.717) is 12.4 Å². The number of aromatic nitrogens is 1. The van der Waals surface area contributed by atoms with Crippen LogP contribution in [0.5, 0.6) is 0 Å². The molecule has 5 heteroatoms. The first-order chi connectivity index (χ1) is 7.66. The molecular weight excluding hydrogens is 204 g/mol. The molecule has 0 aromatic carbocycles. The lowest BCUT2D eigenvalue weighted by Crippen LogP contribution is -2.41. The summed E-state index contributed by atoms with van der Waals surface area (Å²) in [5.41, 5.74) is 12.0. The Bertz CT molecular complexity index is 393. The van der Waals surface area contributed by atoms with Gasteiger partial charge in [-0.25, -0.2) is 4.98 Å². The molecule has 0 bridgehead atoms. The van der Waals surface area contributed by atoms with Crippen LogP contribution in [0.25, 0.3) is 0 Å². The Morgan fingerprint density at radius 3 is 3.06 bits per heavy atom. The molecule has 0 radical (unpaired) electrons. The van der Waals surface area contributed by atoms with Crippen molar-refractivity contribution in [3.63, 3.8) is 0 Å². The van der Waals surface area contributed by atoms with E-state index in [-0.39, 0.29) is 11.8 Å². The second-order valence-corrected chi connectivity index (χ2v) is 4.13. The predicted octanol–water partition coefficient (Wildman–Crippen LogP) is 0.365. The zero-order valence-electron chi connectivity index (χ0n) is 9.10. The molecule has 0 unspecified atom stereocenters. The molecule has 16 heavy (non-hydrogen) atoms. The smallest absolute Gasteiger partial charge is 0.222 e. The van der Waals surface area contributed by atoms with Gasteiger partial charge >= 0.3 is 0 Å². The molecule has 0 spiro atoms. The highest BCUT2D eigenvalue weighted by Crippen LogP contribution is 2.23. The van der Waals surface area contributed by atoms with Crippen molar-refractivity contribution in [1.82, 2.24) is 4.98 Å². The highest BCUT2D eigenvalue weighted by molar-refractivity contribution is 5.77. The van der Waals surface area contributed by atoms with Crippen LogP contribution in [0.2, 0.25) is 0 Å². The fourth-order valence-electron chi connectivity index (χ4n) is 2.08. The third kappa shape index (κ3) is 2.24. The van der Waals surface area contributed by atoms with Crippen molar-refractivity contribution >= 4 is 17.4 Å². The maximum Gasteiger partial charge on any atom is 0.222 e. The van der Waals surface area contributed by atoms with Crippen LogP contribution >= 0.6 is 0 Å². The van der Waals surface area contributed by atoms with Gasteiger partial charge in [-0.2, -0.15) is 0 Å². The number of carbonyl (C=O) groups is 1. The van der Waals surface area contributed by atoms with Crippen LogP contribution in [0.4, 0.5) is 11.5 Å². The number of hydrogen-bond donors (Lipinski definition) is 2.